The molecule has 0 aliphatic rings. The summed E-state index contributed by atoms with van der Waals surface area (Å²) in [5.41, 5.74) is 0.515. The molecule has 0 aliphatic heterocycles. The third-order valence-corrected chi connectivity index (χ3v) is 2.50. The van der Waals surface area contributed by atoms with E-state index in [0.29, 0.717) is 22.9 Å². The minimum absolute atomic E-state index is 0.0153. The molecule has 1 rings (SSSR count). The lowest BCUT2D eigenvalue weighted by Crippen LogP contribution is -1.98. The predicted molar refractivity (Wildman–Crippen MR) is 61.1 cm³/mol. The van der Waals surface area contributed by atoms with Crippen LogP contribution in [0.4, 0.5) is 4.39 Å². The molecule has 0 radical (unpaired) electrons. The van der Waals surface area contributed by atoms with E-state index in [1.54, 1.807) is 6.92 Å². The monoisotopic (exact) mass is 268 g/mol. The van der Waals surface area contributed by atoms with E-state index in [9.17, 15) is 9.18 Å². The second-order valence-electron chi connectivity index (χ2n) is 2.98. The van der Waals surface area contributed by atoms with Crippen LogP contribution < -0.4 is 0 Å². The molecule has 0 aliphatic carbocycles. The maximum atomic E-state index is 12.9. The first-order chi connectivity index (χ1) is 7.15. The smallest absolute Gasteiger partial charge is 0.163 e. The molecule has 1 nitrogen and oxygen atoms in total. The molecule has 0 saturated heterocycles. The number of carbonyl (C=O) groups excluding carboxylic acids is 1. The SMILES string of the molecule is CC#CCCC(=O)c1ccc(F)c(Br)c1. The number of hydrogen-bond acceptors (Lipinski definition) is 1. The highest BCUT2D eigenvalue weighted by atomic mass is 79.9. The quantitative estimate of drug-likeness (QED) is 0.605. The lowest BCUT2D eigenvalue weighted by Gasteiger charge is -2.00. The second-order valence-corrected chi connectivity index (χ2v) is 3.83. The Balaban J connectivity index is 2.72. The van der Waals surface area contributed by atoms with Gasteiger partial charge in [-0.2, -0.15) is 0 Å². The number of Topliss-reactive ketones (excluding diaryl/α,β-unsaturated/α-hetero) is 1. The van der Waals surface area contributed by atoms with Gasteiger partial charge in [0, 0.05) is 18.4 Å². The molecule has 0 aromatic heterocycles. The van der Waals surface area contributed by atoms with E-state index in [2.05, 4.69) is 27.8 Å². The van der Waals surface area contributed by atoms with E-state index >= 15 is 0 Å². The van der Waals surface area contributed by atoms with Gasteiger partial charge in [0.2, 0.25) is 0 Å². The molecule has 0 spiro atoms. The van der Waals surface area contributed by atoms with Crippen LogP contribution in [0.2, 0.25) is 0 Å². The van der Waals surface area contributed by atoms with Crippen molar-refractivity contribution in [2.75, 3.05) is 0 Å². The van der Waals surface area contributed by atoms with Gasteiger partial charge in [-0.05, 0) is 41.1 Å². The molecule has 0 heterocycles. The first kappa shape index (κ1) is 11.9. The van der Waals surface area contributed by atoms with Crippen molar-refractivity contribution < 1.29 is 9.18 Å². The first-order valence-electron chi connectivity index (χ1n) is 4.53. The molecule has 0 N–H and O–H groups in total. The minimum atomic E-state index is -0.361. The molecular weight excluding hydrogens is 259 g/mol. The molecule has 78 valence electrons. The second kappa shape index (κ2) is 5.67. The highest BCUT2D eigenvalue weighted by Gasteiger charge is 2.07. The summed E-state index contributed by atoms with van der Waals surface area (Å²) in [5, 5.41) is 0. The van der Waals surface area contributed by atoms with Gasteiger partial charge in [0.15, 0.2) is 5.78 Å². The molecule has 0 unspecified atom stereocenters. The summed E-state index contributed by atoms with van der Waals surface area (Å²) in [4.78, 5) is 11.6. The summed E-state index contributed by atoms with van der Waals surface area (Å²) >= 11 is 3.04. The van der Waals surface area contributed by atoms with Crippen molar-refractivity contribution in [3.8, 4) is 11.8 Å². The van der Waals surface area contributed by atoms with Crippen LogP contribution in [0, 0.1) is 17.7 Å². The van der Waals surface area contributed by atoms with Crippen LogP contribution >= 0.6 is 15.9 Å². The highest BCUT2D eigenvalue weighted by Crippen LogP contribution is 2.18. The van der Waals surface area contributed by atoms with Crippen molar-refractivity contribution in [2.24, 2.45) is 0 Å². The van der Waals surface area contributed by atoms with Crippen LogP contribution in [0.25, 0.3) is 0 Å². The Bertz CT molecular complexity index is 429. The number of ketones is 1. The van der Waals surface area contributed by atoms with Crippen molar-refractivity contribution in [3.05, 3.63) is 34.1 Å². The third-order valence-electron chi connectivity index (χ3n) is 1.90. The molecular formula is C12H10BrFO. The fourth-order valence-corrected chi connectivity index (χ4v) is 1.49. The summed E-state index contributed by atoms with van der Waals surface area (Å²) in [6, 6.07) is 4.27. The standard InChI is InChI=1S/C12H10BrFO/c1-2-3-4-5-12(15)9-6-7-11(14)10(13)8-9/h6-8H,4-5H2,1H3. The predicted octanol–water partition coefficient (Wildman–Crippen LogP) is 3.57. The van der Waals surface area contributed by atoms with Crippen molar-refractivity contribution >= 4 is 21.7 Å². The number of hydrogen-bond donors (Lipinski definition) is 0. The average molecular weight is 269 g/mol. The van der Waals surface area contributed by atoms with Crippen LogP contribution in [0.15, 0.2) is 22.7 Å². The highest BCUT2D eigenvalue weighted by molar-refractivity contribution is 9.10. The van der Waals surface area contributed by atoms with E-state index < -0.39 is 0 Å². The van der Waals surface area contributed by atoms with Gasteiger partial charge in [-0.1, -0.05) is 0 Å². The van der Waals surface area contributed by atoms with Gasteiger partial charge >= 0.3 is 0 Å². The topological polar surface area (TPSA) is 17.1 Å². The number of benzene rings is 1. The van der Waals surface area contributed by atoms with E-state index in [0.717, 1.165) is 0 Å². The first-order valence-corrected chi connectivity index (χ1v) is 5.32. The fourth-order valence-electron chi connectivity index (χ4n) is 1.11. The normalized spacial score (nSPS) is 9.27. The van der Waals surface area contributed by atoms with Crippen LogP contribution in [0.1, 0.15) is 30.1 Å². The van der Waals surface area contributed by atoms with E-state index in [1.807, 2.05) is 0 Å². The number of halogens is 2. The number of rotatable bonds is 3. The molecule has 0 saturated carbocycles. The summed E-state index contributed by atoms with van der Waals surface area (Å²) < 4.78 is 13.2. The average Bonchev–Trinajstić information content (AvgIpc) is 2.22. The molecule has 0 amide bonds. The largest absolute Gasteiger partial charge is 0.294 e. The zero-order valence-electron chi connectivity index (χ0n) is 8.31. The van der Waals surface area contributed by atoms with Gasteiger partial charge in [0.1, 0.15) is 5.82 Å². The molecule has 0 bridgehead atoms. The van der Waals surface area contributed by atoms with E-state index in [1.165, 1.54) is 18.2 Å². The Hall–Kier alpha value is -1.14. The minimum Gasteiger partial charge on any atom is -0.294 e. The fraction of sp³-hybridized carbons (Fsp3) is 0.250. The number of carbonyl (C=O) groups is 1. The molecule has 0 atom stereocenters. The Morgan fingerprint density at radius 1 is 1.53 bits per heavy atom. The third kappa shape index (κ3) is 3.49. The van der Waals surface area contributed by atoms with Crippen LogP contribution in [-0.4, -0.2) is 5.78 Å². The van der Waals surface area contributed by atoms with Crippen LogP contribution in [0.3, 0.4) is 0 Å². The van der Waals surface area contributed by atoms with Gasteiger partial charge in [-0.25, -0.2) is 4.39 Å². The molecule has 1 aromatic carbocycles. The van der Waals surface area contributed by atoms with Gasteiger partial charge in [0.05, 0.1) is 4.47 Å². The van der Waals surface area contributed by atoms with Crippen LogP contribution in [-0.2, 0) is 0 Å². The van der Waals surface area contributed by atoms with Crippen molar-refractivity contribution in [3.63, 3.8) is 0 Å². The lowest BCUT2D eigenvalue weighted by molar-refractivity contribution is 0.0984. The summed E-state index contributed by atoms with van der Waals surface area (Å²) in [6.45, 7) is 1.74. The van der Waals surface area contributed by atoms with Gasteiger partial charge < -0.3 is 0 Å². The van der Waals surface area contributed by atoms with Crippen LogP contribution in [0.5, 0.6) is 0 Å². The van der Waals surface area contributed by atoms with E-state index in [-0.39, 0.29) is 11.6 Å². The Kier molecular flexibility index (Phi) is 4.51. The Morgan fingerprint density at radius 2 is 2.27 bits per heavy atom. The molecule has 1 aromatic rings. The molecule has 0 fully saturated rings. The van der Waals surface area contributed by atoms with E-state index in [4.69, 9.17) is 0 Å². The van der Waals surface area contributed by atoms with Gasteiger partial charge in [-0.15, -0.1) is 11.8 Å². The zero-order valence-corrected chi connectivity index (χ0v) is 9.90. The maximum absolute atomic E-state index is 12.9. The zero-order chi connectivity index (χ0) is 11.3. The van der Waals surface area contributed by atoms with Crippen molar-refractivity contribution in [1.82, 2.24) is 0 Å². The Morgan fingerprint density at radius 3 is 2.87 bits per heavy atom. The Labute approximate surface area is 96.8 Å². The van der Waals surface area contributed by atoms with Crippen molar-refractivity contribution in [2.45, 2.75) is 19.8 Å². The maximum Gasteiger partial charge on any atom is 0.163 e. The summed E-state index contributed by atoms with van der Waals surface area (Å²) in [7, 11) is 0. The summed E-state index contributed by atoms with van der Waals surface area (Å²) in [6.07, 6.45) is 0.920. The van der Waals surface area contributed by atoms with Gasteiger partial charge in [-0.3, -0.25) is 4.79 Å². The van der Waals surface area contributed by atoms with Gasteiger partial charge in [0.25, 0.3) is 0 Å². The summed E-state index contributed by atoms with van der Waals surface area (Å²) in [5.74, 6) is 5.17. The molecule has 3 heteroatoms. The molecule has 15 heavy (non-hydrogen) atoms. The van der Waals surface area contributed by atoms with Crippen molar-refractivity contribution in [1.29, 1.82) is 0 Å². The lowest BCUT2D eigenvalue weighted by atomic mass is 10.1.